The number of nitrogens with one attached hydrogen (secondary N) is 2. The third-order valence-electron chi connectivity index (χ3n) is 5.65. The van der Waals surface area contributed by atoms with Crippen LogP contribution in [0.5, 0.6) is 0 Å². The largest absolute Gasteiger partial charge is 0.377 e. The minimum absolute atomic E-state index is 0.0437. The van der Waals surface area contributed by atoms with E-state index < -0.39 is 27.0 Å². The first-order chi connectivity index (χ1) is 15.7. The van der Waals surface area contributed by atoms with E-state index in [0.717, 1.165) is 17.9 Å². The van der Waals surface area contributed by atoms with Crippen LogP contribution in [0.2, 0.25) is 0 Å². The van der Waals surface area contributed by atoms with Crippen LogP contribution in [0, 0.1) is 0 Å². The Balaban J connectivity index is 1.65. The van der Waals surface area contributed by atoms with Crippen molar-refractivity contribution in [2.24, 2.45) is 0 Å². The minimum atomic E-state index is -3.90. The number of anilines is 1. The van der Waals surface area contributed by atoms with Crippen molar-refractivity contribution in [3.8, 4) is 10.8 Å². The van der Waals surface area contributed by atoms with Crippen LogP contribution in [-0.4, -0.2) is 72.4 Å². The zero-order valence-electron chi connectivity index (χ0n) is 18.0. The van der Waals surface area contributed by atoms with Gasteiger partial charge in [-0.25, -0.2) is 26.9 Å². The van der Waals surface area contributed by atoms with Crippen LogP contribution in [0.4, 0.5) is 14.5 Å². The summed E-state index contributed by atoms with van der Waals surface area (Å²) in [6.07, 6.45) is 0.304. The minimum Gasteiger partial charge on any atom is -0.377 e. The summed E-state index contributed by atoms with van der Waals surface area (Å²) >= 11 is 0.731. The van der Waals surface area contributed by atoms with Gasteiger partial charge in [0.25, 0.3) is 6.43 Å². The molecule has 2 aliphatic rings. The molecule has 0 radical (unpaired) electrons. The molecule has 33 heavy (non-hydrogen) atoms. The van der Waals surface area contributed by atoms with Crippen LogP contribution in [0.15, 0.2) is 23.4 Å². The van der Waals surface area contributed by atoms with Crippen LogP contribution < -0.4 is 14.9 Å². The Kier molecular flexibility index (Phi) is 5.60. The molecular weight excluding hydrogens is 476 g/mol. The number of halogens is 2. The van der Waals surface area contributed by atoms with E-state index in [1.165, 1.54) is 6.20 Å². The third kappa shape index (κ3) is 4.21. The van der Waals surface area contributed by atoms with Crippen molar-refractivity contribution in [2.45, 2.75) is 36.7 Å². The van der Waals surface area contributed by atoms with Crippen molar-refractivity contribution in [3.05, 3.63) is 23.5 Å². The zero-order valence-corrected chi connectivity index (χ0v) is 19.6. The number of rotatable bonds is 6. The van der Waals surface area contributed by atoms with Gasteiger partial charge in [-0.15, -0.1) is 10.2 Å². The summed E-state index contributed by atoms with van der Waals surface area (Å²) in [5, 5.41) is 10.5. The summed E-state index contributed by atoms with van der Waals surface area (Å²) in [4.78, 5) is 6.53. The number of pyridine rings is 1. The molecule has 0 bridgehead atoms. The maximum atomic E-state index is 13.3. The van der Waals surface area contributed by atoms with Gasteiger partial charge in [-0.1, -0.05) is 11.3 Å². The first kappa shape index (κ1) is 22.5. The van der Waals surface area contributed by atoms with Gasteiger partial charge in [-0.3, -0.25) is 4.40 Å². The first-order valence-electron chi connectivity index (χ1n) is 10.4. The number of sulfonamides is 1. The molecule has 0 aliphatic carbocycles. The zero-order chi connectivity index (χ0) is 23.4. The van der Waals surface area contributed by atoms with Crippen molar-refractivity contribution in [2.75, 3.05) is 37.7 Å². The number of nitrogens with zero attached hydrogens (tertiary/aromatic N) is 5. The standard InChI is InChI=1S/C19H23F2N7O3S2/c1-11-7-27(4-3-22-11)13-5-12(33(29,30)26-19(2)9-31-10-19)8-28-14(13)6-23-16(28)18-25-24-17(32-18)15(20)21/h5-6,8,11,15,22,26H,3-4,7,9-10H2,1-2H3/t11-/m0/s1. The lowest BCUT2D eigenvalue weighted by Crippen LogP contribution is -2.59. The molecule has 1 atom stereocenters. The summed E-state index contributed by atoms with van der Waals surface area (Å²) in [6.45, 7) is 6.50. The van der Waals surface area contributed by atoms with E-state index in [1.807, 2.05) is 0 Å². The van der Waals surface area contributed by atoms with E-state index in [1.54, 1.807) is 23.6 Å². The van der Waals surface area contributed by atoms with Crippen LogP contribution in [-0.2, 0) is 14.8 Å². The van der Waals surface area contributed by atoms with E-state index in [9.17, 15) is 17.2 Å². The maximum Gasteiger partial charge on any atom is 0.291 e. The molecule has 0 aromatic carbocycles. The molecule has 3 aromatic heterocycles. The van der Waals surface area contributed by atoms with Crippen molar-refractivity contribution >= 4 is 32.6 Å². The average Bonchev–Trinajstić information content (AvgIpc) is 3.38. The molecule has 10 nitrogen and oxygen atoms in total. The highest BCUT2D eigenvalue weighted by Crippen LogP contribution is 2.33. The number of piperazine rings is 1. The Morgan fingerprint density at radius 1 is 1.36 bits per heavy atom. The number of aromatic nitrogens is 4. The Morgan fingerprint density at radius 2 is 2.15 bits per heavy atom. The van der Waals surface area contributed by atoms with Crippen LogP contribution in [0.25, 0.3) is 16.3 Å². The summed E-state index contributed by atoms with van der Waals surface area (Å²) in [5.74, 6) is 0.258. The van der Waals surface area contributed by atoms with Gasteiger partial charge in [0.05, 0.1) is 36.2 Å². The third-order valence-corrected chi connectivity index (χ3v) is 8.19. The van der Waals surface area contributed by atoms with Crippen LogP contribution in [0.3, 0.4) is 0 Å². The molecule has 5 rings (SSSR count). The van der Waals surface area contributed by atoms with Crippen LogP contribution in [0.1, 0.15) is 25.3 Å². The molecule has 3 aromatic rings. The van der Waals surface area contributed by atoms with Gasteiger partial charge in [0, 0.05) is 31.9 Å². The number of imidazole rings is 1. The Bertz CT molecular complexity index is 1290. The molecular formula is C19H23F2N7O3S2. The molecule has 0 amide bonds. The molecule has 2 N–H and O–H groups in total. The highest BCUT2D eigenvalue weighted by Gasteiger charge is 2.38. The van der Waals surface area contributed by atoms with Crippen LogP contribution >= 0.6 is 11.3 Å². The normalized spacial score (nSPS) is 21.0. The number of fused-ring (bicyclic) bond motifs is 1. The second-order valence-corrected chi connectivity index (χ2v) is 11.3. The fraction of sp³-hybridized carbons (Fsp3) is 0.526. The molecule has 0 unspecified atom stereocenters. The highest BCUT2D eigenvalue weighted by atomic mass is 32.2. The number of ether oxygens (including phenoxy) is 1. The number of alkyl halides is 2. The molecule has 2 fully saturated rings. The summed E-state index contributed by atoms with van der Waals surface area (Å²) in [5.41, 5.74) is 0.671. The molecule has 0 spiro atoms. The topological polar surface area (TPSA) is 114 Å². The first-order valence-corrected chi connectivity index (χ1v) is 12.7. The second-order valence-electron chi connectivity index (χ2n) is 8.60. The molecule has 2 saturated heterocycles. The lowest BCUT2D eigenvalue weighted by atomic mass is 10.0. The van der Waals surface area contributed by atoms with Gasteiger partial charge in [-0.2, -0.15) is 0 Å². The fourth-order valence-corrected chi connectivity index (χ4v) is 6.12. The van der Waals surface area contributed by atoms with Gasteiger partial charge in [-0.05, 0) is 19.9 Å². The maximum absolute atomic E-state index is 13.3. The summed E-state index contributed by atoms with van der Waals surface area (Å²) in [6, 6.07) is 1.84. The van der Waals surface area contributed by atoms with Gasteiger partial charge in [0.15, 0.2) is 15.8 Å². The Labute approximate surface area is 193 Å². The predicted octanol–water partition coefficient (Wildman–Crippen LogP) is 1.66. The van der Waals surface area contributed by atoms with E-state index >= 15 is 0 Å². The van der Waals surface area contributed by atoms with Crippen molar-refractivity contribution < 1.29 is 21.9 Å². The smallest absolute Gasteiger partial charge is 0.291 e. The van der Waals surface area contributed by atoms with E-state index in [2.05, 4.69) is 37.0 Å². The van der Waals surface area contributed by atoms with E-state index in [0.29, 0.717) is 24.3 Å². The van der Waals surface area contributed by atoms with E-state index in [4.69, 9.17) is 4.74 Å². The summed E-state index contributed by atoms with van der Waals surface area (Å²) < 4.78 is 62.2. The summed E-state index contributed by atoms with van der Waals surface area (Å²) in [7, 11) is -3.90. The van der Waals surface area contributed by atoms with E-state index in [-0.39, 0.29) is 35.0 Å². The van der Waals surface area contributed by atoms with Gasteiger partial charge < -0.3 is 15.0 Å². The van der Waals surface area contributed by atoms with Gasteiger partial charge in [0.2, 0.25) is 10.0 Å². The van der Waals surface area contributed by atoms with Gasteiger partial charge in [0.1, 0.15) is 4.90 Å². The molecule has 2 aliphatic heterocycles. The SMILES string of the molecule is C[C@H]1CN(c2cc(S(=O)(=O)NC3(C)COC3)cn3c(-c4nnc(C(F)F)s4)ncc23)CCN1. The number of hydrogen-bond acceptors (Lipinski definition) is 9. The Morgan fingerprint density at radius 3 is 2.79 bits per heavy atom. The average molecular weight is 500 g/mol. The number of hydrogen-bond donors (Lipinski definition) is 2. The quantitative estimate of drug-likeness (QED) is 0.527. The van der Waals surface area contributed by atoms with Crippen molar-refractivity contribution in [1.82, 2.24) is 29.6 Å². The molecule has 5 heterocycles. The van der Waals surface area contributed by atoms with Crippen molar-refractivity contribution in [3.63, 3.8) is 0 Å². The second kappa shape index (κ2) is 8.20. The van der Waals surface area contributed by atoms with Gasteiger partial charge >= 0.3 is 0 Å². The highest BCUT2D eigenvalue weighted by molar-refractivity contribution is 7.89. The predicted molar refractivity (Wildman–Crippen MR) is 118 cm³/mol. The fourth-order valence-electron chi connectivity index (χ4n) is 4.03. The Hall–Kier alpha value is -2.26. The molecule has 178 valence electrons. The van der Waals surface area contributed by atoms with Crippen molar-refractivity contribution in [1.29, 1.82) is 0 Å². The lowest BCUT2D eigenvalue weighted by molar-refractivity contribution is -0.0523. The lowest BCUT2D eigenvalue weighted by Gasteiger charge is -2.38. The molecule has 14 heteroatoms. The molecule has 0 saturated carbocycles. The monoisotopic (exact) mass is 499 g/mol.